The van der Waals surface area contributed by atoms with E-state index in [9.17, 15) is 24.0 Å². The smallest absolute Gasteiger partial charge is 0.328 e. The van der Waals surface area contributed by atoms with Gasteiger partial charge in [-0.1, -0.05) is 13.8 Å². The van der Waals surface area contributed by atoms with Crippen LogP contribution in [-0.4, -0.2) is 80.6 Å². The highest BCUT2D eigenvalue weighted by Gasteiger charge is 2.30. The van der Waals surface area contributed by atoms with Gasteiger partial charge >= 0.3 is 5.97 Å². The summed E-state index contributed by atoms with van der Waals surface area (Å²) in [7, 11) is 0. The van der Waals surface area contributed by atoms with Crippen LogP contribution in [0.25, 0.3) is 0 Å². The Morgan fingerprint density at radius 2 is 1.62 bits per heavy atom. The normalized spacial score (nSPS) is 14.5. The van der Waals surface area contributed by atoms with E-state index in [1.165, 1.54) is 12.5 Å². The summed E-state index contributed by atoms with van der Waals surface area (Å²) in [4.78, 5) is 67.2. The van der Waals surface area contributed by atoms with Gasteiger partial charge in [0, 0.05) is 24.7 Å². The molecule has 1 aromatic rings. The molecule has 4 atom stereocenters. The van der Waals surface area contributed by atoms with Gasteiger partial charge in [0.05, 0.1) is 19.0 Å². The van der Waals surface area contributed by atoms with E-state index < -0.39 is 60.4 Å². The lowest BCUT2D eigenvalue weighted by atomic mass is 10.0. The zero-order valence-electron chi connectivity index (χ0n) is 19.1. The summed E-state index contributed by atoms with van der Waals surface area (Å²) in [5.74, 6) is -4.39. The highest BCUT2D eigenvalue weighted by Crippen LogP contribution is 2.06. The van der Waals surface area contributed by atoms with Gasteiger partial charge in [0.25, 0.3) is 0 Å². The number of aromatic nitrogens is 2. The van der Waals surface area contributed by atoms with E-state index >= 15 is 0 Å². The van der Waals surface area contributed by atoms with Crippen molar-refractivity contribution in [2.75, 3.05) is 6.61 Å². The van der Waals surface area contributed by atoms with Crippen LogP contribution in [0.15, 0.2) is 12.5 Å². The largest absolute Gasteiger partial charge is 0.480 e. The van der Waals surface area contributed by atoms with Crippen molar-refractivity contribution in [2.45, 2.75) is 63.7 Å². The molecule has 4 amide bonds. The van der Waals surface area contributed by atoms with Crippen LogP contribution in [0.2, 0.25) is 0 Å². The fourth-order valence-electron chi connectivity index (χ4n) is 3.00. The quantitative estimate of drug-likeness (QED) is 0.127. The van der Waals surface area contributed by atoms with E-state index in [1.807, 2.05) is 13.8 Å². The van der Waals surface area contributed by atoms with Crippen molar-refractivity contribution in [3.8, 4) is 0 Å². The van der Waals surface area contributed by atoms with Crippen molar-refractivity contribution >= 4 is 29.6 Å². The summed E-state index contributed by atoms with van der Waals surface area (Å²) in [6.07, 6.45) is 2.70. The van der Waals surface area contributed by atoms with Gasteiger partial charge in [-0.3, -0.25) is 19.2 Å². The van der Waals surface area contributed by atoms with Gasteiger partial charge in [0.15, 0.2) is 0 Å². The Bertz CT molecular complexity index is 844. The Hall–Kier alpha value is -3.52. The van der Waals surface area contributed by atoms with Crippen LogP contribution in [0.4, 0.5) is 0 Å². The summed E-state index contributed by atoms with van der Waals surface area (Å²) < 4.78 is 0. The maximum Gasteiger partial charge on any atom is 0.328 e. The molecule has 10 N–H and O–H groups in total. The second kappa shape index (κ2) is 13.9. The summed E-state index contributed by atoms with van der Waals surface area (Å²) >= 11 is 0. The van der Waals surface area contributed by atoms with Crippen molar-refractivity contribution in [2.24, 2.45) is 17.4 Å². The van der Waals surface area contributed by atoms with Crippen molar-refractivity contribution in [1.29, 1.82) is 0 Å². The maximum atomic E-state index is 13.0. The fourth-order valence-corrected chi connectivity index (χ4v) is 3.00. The number of hydrogen-bond acceptors (Lipinski definition) is 8. The number of imidazole rings is 1. The zero-order chi connectivity index (χ0) is 25.8. The molecule has 0 radical (unpaired) electrons. The van der Waals surface area contributed by atoms with Crippen LogP contribution in [-0.2, 0) is 30.4 Å². The lowest BCUT2D eigenvalue weighted by Gasteiger charge is -2.25. The highest BCUT2D eigenvalue weighted by molar-refractivity contribution is 5.94. The van der Waals surface area contributed by atoms with Crippen molar-refractivity contribution in [1.82, 2.24) is 25.9 Å². The molecule has 0 aliphatic heterocycles. The molecule has 0 aromatic carbocycles. The molecule has 1 aromatic heterocycles. The van der Waals surface area contributed by atoms with Crippen LogP contribution in [0.3, 0.4) is 0 Å². The molecule has 1 heterocycles. The van der Waals surface area contributed by atoms with E-state index in [2.05, 4.69) is 25.9 Å². The molecular weight excluding hydrogens is 450 g/mol. The standard InChI is InChI=1S/C20H33N7O7/c1-10(2)5-12(21)17(30)26-14(6-11-7-23-9-24-11)19(32)25-13(3-4-16(22)29)18(31)27-15(8-28)20(33)34/h7,9-10,12-15,28H,3-6,8,21H2,1-2H3,(H2,22,29)(H,23,24)(H,25,32)(H,26,30)(H,27,31)(H,33,34). The van der Waals surface area contributed by atoms with Crippen molar-refractivity contribution in [3.05, 3.63) is 18.2 Å². The third kappa shape index (κ3) is 9.95. The summed E-state index contributed by atoms with van der Waals surface area (Å²) in [6.45, 7) is 2.89. The molecule has 34 heavy (non-hydrogen) atoms. The first kappa shape index (κ1) is 28.5. The number of carbonyl (C=O) groups excluding carboxylic acids is 4. The number of aliphatic carboxylic acids is 1. The number of carboxylic acids is 1. The Morgan fingerprint density at radius 1 is 1.03 bits per heavy atom. The lowest BCUT2D eigenvalue weighted by molar-refractivity contribution is -0.143. The SMILES string of the molecule is CC(C)CC(N)C(=O)NC(Cc1cnc[nH]1)C(=O)NC(CCC(N)=O)C(=O)NC(CO)C(=O)O. The second-order valence-corrected chi connectivity index (χ2v) is 8.23. The number of rotatable bonds is 15. The lowest BCUT2D eigenvalue weighted by Crippen LogP contribution is -2.58. The number of nitrogens with one attached hydrogen (secondary N) is 4. The topological polar surface area (TPSA) is 243 Å². The molecule has 190 valence electrons. The number of amides is 4. The number of nitrogens with two attached hydrogens (primary N) is 2. The number of primary amides is 1. The average molecular weight is 484 g/mol. The molecule has 0 bridgehead atoms. The van der Waals surface area contributed by atoms with Gasteiger partial charge in [-0.2, -0.15) is 0 Å². The monoisotopic (exact) mass is 483 g/mol. The first-order valence-corrected chi connectivity index (χ1v) is 10.7. The summed E-state index contributed by atoms with van der Waals surface area (Å²) in [5, 5.41) is 25.2. The molecule has 0 aliphatic rings. The predicted molar refractivity (Wildman–Crippen MR) is 119 cm³/mol. The minimum absolute atomic E-state index is 0.00940. The third-order valence-electron chi connectivity index (χ3n) is 4.78. The Labute approximate surface area is 196 Å². The van der Waals surface area contributed by atoms with Crippen molar-refractivity contribution in [3.63, 3.8) is 0 Å². The van der Waals surface area contributed by atoms with Crippen LogP contribution in [0, 0.1) is 5.92 Å². The Kier molecular flexibility index (Phi) is 11.7. The van der Waals surface area contributed by atoms with Gasteiger partial charge in [0.1, 0.15) is 18.1 Å². The molecule has 0 saturated heterocycles. The van der Waals surface area contributed by atoms with Crippen LogP contribution in [0.1, 0.15) is 38.8 Å². The van der Waals surface area contributed by atoms with Crippen LogP contribution >= 0.6 is 0 Å². The molecule has 14 nitrogen and oxygen atoms in total. The van der Waals surface area contributed by atoms with Crippen LogP contribution in [0.5, 0.6) is 0 Å². The van der Waals surface area contributed by atoms with E-state index in [4.69, 9.17) is 21.7 Å². The Balaban J connectivity index is 3.04. The first-order chi connectivity index (χ1) is 15.9. The number of carboxylic acid groups (broad SMARTS) is 1. The molecular formula is C20H33N7O7. The number of H-pyrrole nitrogens is 1. The van der Waals surface area contributed by atoms with Crippen LogP contribution < -0.4 is 27.4 Å². The zero-order valence-corrected chi connectivity index (χ0v) is 19.1. The minimum atomic E-state index is -1.62. The molecule has 4 unspecified atom stereocenters. The van der Waals surface area contributed by atoms with E-state index in [-0.39, 0.29) is 25.2 Å². The van der Waals surface area contributed by atoms with Gasteiger partial charge < -0.3 is 42.6 Å². The summed E-state index contributed by atoms with van der Waals surface area (Å²) in [5.41, 5.74) is 11.6. The van der Waals surface area contributed by atoms with E-state index in [1.54, 1.807) is 0 Å². The maximum absolute atomic E-state index is 13.0. The molecule has 14 heteroatoms. The fraction of sp³-hybridized carbons (Fsp3) is 0.600. The van der Waals surface area contributed by atoms with E-state index in [0.29, 0.717) is 12.1 Å². The van der Waals surface area contributed by atoms with Gasteiger partial charge in [-0.05, 0) is 18.8 Å². The number of hydrogen-bond donors (Lipinski definition) is 8. The number of aromatic amines is 1. The third-order valence-corrected chi connectivity index (χ3v) is 4.78. The number of nitrogens with zero attached hydrogens (tertiary/aromatic N) is 1. The second-order valence-electron chi connectivity index (χ2n) is 8.23. The molecule has 0 aliphatic carbocycles. The van der Waals surface area contributed by atoms with E-state index in [0.717, 1.165) is 0 Å². The molecule has 0 spiro atoms. The number of aliphatic hydroxyl groups is 1. The average Bonchev–Trinajstić information content (AvgIpc) is 3.26. The minimum Gasteiger partial charge on any atom is -0.480 e. The Morgan fingerprint density at radius 3 is 2.12 bits per heavy atom. The van der Waals surface area contributed by atoms with Crippen molar-refractivity contribution < 1.29 is 34.2 Å². The van der Waals surface area contributed by atoms with Gasteiger partial charge in [-0.25, -0.2) is 9.78 Å². The molecule has 0 fully saturated rings. The predicted octanol–water partition coefficient (Wildman–Crippen LogP) is -2.88. The molecule has 0 saturated carbocycles. The first-order valence-electron chi connectivity index (χ1n) is 10.7. The number of carbonyl (C=O) groups is 5. The molecule has 1 rings (SSSR count). The van der Waals surface area contributed by atoms with Gasteiger partial charge in [0.2, 0.25) is 23.6 Å². The summed E-state index contributed by atoms with van der Waals surface area (Å²) in [6, 6.07) is -5.01. The van der Waals surface area contributed by atoms with Gasteiger partial charge in [-0.15, -0.1) is 0 Å². The highest BCUT2D eigenvalue weighted by atomic mass is 16.4. The number of aliphatic hydroxyl groups excluding tert-OH is 1.